The molecule has 0 aliphatic carbocycles. The lowest BCUT2D eigenvalue weighted by atomic mass is 10.3. The van der Waals surface area contributed by atoms with Gasteiger partial charge in [-0.05, 0) is 6.92 Å². The second kappa shape index (κ2) is 2.52. The fourth-order valence-electron chi connectivity index (χ4n) is 0.758. The maximum absolute atomic E-state index is 12.0. The molecule has 3 nitrogen and oxygen atoms in total. The molecule has 1 aromatic rings. The lowest BCUT2D eigenvalue weighted by Gasteiger charge is -2.05. The molecule has 0 atom stereocenters. The van der Waals surface area contributed by atoms with Crippen LogP contribution in [-0.4, -0.2) is 9.78 Å². The maximum atomic E-state index is 12.0. The predicted octanol–water partition coefficient (Wildman–Crippen LogP) is 1.54. The van der Waals surface area contributed by atoms with Crippen LogP contribution in [-0.2, 0) is 6.30 Å². The number of aromatic nitrogens is 2. The van der Waals surface area contributed by atoms with E-state index in [1.807, 2.05) is 0 Å². The molecule has 0 aromatic carbocycles. The number of rotatable bonds is 0. The zero-order valence-electron chi connectivity index (χ0n) is 6.05. The van der Waals surface area contributed by atoms with Crippen LogP contribution in [0.3, 0.4) is 0 Å². The largest absolute Gasteiger partial charge is 0.505 e. The first-order chi connectivity index (χ1) is 5.46. The van der Waals surface area contributed by atoms with Gasteiger partial charge in [0.1, 0.15) is 6.07 Å². The van der Waals surface area contributed by atoms with Gasteiger partial charge in [0, 0.05) is 5.56 Å². The van der Waals surface area contributed by atoms with Crippen molar-refractivity contribution >= 4 is 0 Å². The van der Waals surface area contributed by atoms with Gasteiger partial charge in [-0.2, -0.15) is 15.0 Å². The summed E-state index contributed by atoms with van der Waals surface area (Å²) in [7, 11) is 0. The van der Waals surface area contributed by atoms with Crippen molar-refractivity contribution in [3.8, 4) is 6.07 Å². The van der Waals surface area contributed by atoms with E-state index < -0.39 is 12.0 Å². The summed E-state index contributed by atoms with van der Waals surface area (Å²) in [6, 6.07) is 1.43. The fraction of sp³-hybridized carbons (Fsp3) is 0.333. The first-order valence-corrected chi connectivity index (χ1v) is 2.98. The minimum atomic E-state index is -4.61. The topological polar surface area (TPSA) is 41.6 Å². The quantitative estimate of drug-likeness (QED) is 0.600. The molecule has 1 rings (SSSR count). The molecule has 0 amide bonds. The minimum absolute atomic E-state index is 0.217. The number of aryl methyl sites for hydroxylation is 1. The SMILES string of the molecule is Cc1cnn(C(F)(F)F)c1C#N. The van der Waals surface area contributed by atoms with Gasteiger partial charge < -0.3 is 0 Å². The predicted molar refractivity (Wildman–Crippen MR) is 33.0 cm³/mol. The van der Waals surface area contributed by atoms with Gasteiger partial charge in [0.25, 0.3) is 0 Å². The van der Waals surface area contributed by atoms with Crippen LogP contribution < -0.4 is 0 Å². The van der Waals surface area contributed by atoms with Gasteiger partial charge in [0.2, 0.25) is 0 Å². The highest BCUT2D eigenvalue weighted by atomic mass is 19.4. The molecule has 1 heterocycles. The molecule has 12 heavy (non-hydrogen) atoms. The first-order valence-electron chi connectivity index (χ1n) is 2.98. The molecule has 0 unspecified atom stereocenters. The number of nitrogens with zero attached hydrogens (tertiary/aromatic N) is 3. The van der Waals surface area contributed by atoms with E-state index in [1.165, 1.54) is 13.0 Å². The van der Waals surface area contributed by atoms with Crippen LogP contribution in [0.1, 0.15) is 11.3 Å². The summed E-state index contributed by atoms with van der Waals surface area (Å²) in [5.41, 5.74) is -0.252. The van der Waals surface area contributed by atoms with Crippen molar-refractivity contribution in [2.75, 3.05) is 0 Å². The summed E-state index contributed by atoms with van der Waals surface area (Å²) < 4.78 is 35.7. The van der Waals surface area contributed by atoms with E-state index in [1.54, 1.807) is 0 Å². The van der Waals surface area contributed by atoms with E-state index in [9.17, 15) is 13.2 Å². The van der Waals surface area contributed by atoms with Gasteiger partial charge in [-0.3, -0.25) is 0 Å². The molecule has 0 spiro atoms. The number of hydrogen-bond donors (Lipinski definition) is 0. The summed E-state index contributed by atoms with van der Waals surface area (Å²) >= 11 is 0. The third-order valence-corrected chi connectivity index (χ3v) is 1.30. The highest BCUT2D eigenvalue weighted by molar-refractivity contribution is 5.28. The van der Waals surface area contributed by atoms with Gasteiger partial charge >= 0.3 is 6.30 Å². The lowest BCUT2D eigenvalue weighted by Crippen LogP contribution is -2.19. The van der Waals surface area contributed by atoms with Crippen LogP contribution in [0.15, 0.2) is 6.20 Å². The zero-order chi connectivity index (χ0) is 9.35. The minimum Gasteiger partial charge on any atom is -0.191 e. The summed E-state index contributed by atoms with van der Waals surface area (Å²) in [5, 5.41) is 11.4. The molecular weight excluding hydrogens is 171 g/mol. The number of halogens is 3. The van der Waals surface area contributed by atoms with Crippen LogP contribution in [0.5, 0.6) is 0 Å². The second-order valence-electron chi connectivity index (χ2n) is 2.17. The maximum Gasteiger partial charge on any atom is 0.505 e. The molecule has 0 saturated carbocycles. The van der Waals surface area contributed by atoms with Crippen molar-refractivity contribution in [1.82, 2.24) is 9.78 Å². The highest BCUT2D eigenvalue weighted by Gasteiger charge is 2.34. The average molecular weight is 175 g/mol. The lowest BCUT2D eigenvalue weighted by molar-refractivity contribution is -0.212. The molecule has 0 fully saturated rings. The molecule has 0 radical (unpaired) electrons. The van der Waals surface area contributed by atoms with Crippen LogP contribution in [0, 0.1) is 18.3 Å². The van der Waals surface area contributed by atoms with Crippen molar-refractivity contribution in [2.24, 2.45) is 0 Å². The van der Waals surface area contributed by atoms with Gasteiger partial charge in [-0.15, -0.1) is 13.2 Å². The second-order valence-corrected chi connectivity index (χ2v) is 2.17. The Morgan fingerprint density at radius 1 is 1.58 bits per heavy atom. The van der Waals surface area contributed by atoms with Crippen molar-refractivity contribution in [3.05, 3.63) is 17.5 Å². The molecule has 0 aliphatic heterocycles. The standard InChI is InChI=1S/C6H4F3N3/c1-4-3-11-12(5(4)2-10)6(7,8)9/h3H,1H3. The summed E-state index contributed by atoms with van der Waals surface area (Å²) in [4.78, 5) is 0. The van der Waals surface area contributed by atoms with E-state index in [-0.39, 0.29) is 10.2 Å². The Balaban J connectivity index is 3.28. The number of alkyl halides is 3. The normalized spacial score (nSPS) is 11.2. The van der Waals surface area contributed by atoms with Crippen molar-refractivity contribution in [1.29, 1.82) is 5.26 Å². The van der Waals surface area contributed by atoms with E-state index in [4.69, 9.17) is 5.26 Å². The van der Waals surface area contributed by atoms with E-state index in [0.717, 1.165) is 6.20 Å². The average Bonchev–Trinajstić information content (AvgIpc) is 2.29. The third-order valence-electron chi connectivity index (χ3n) is 1.30. The Kier molecular flexibility index (Phi) is 1.80. The summed E-state index contributed by atoms with van der Waals surface area (Å²) in [6.45, 7) is 1.40. The van der Waals surface area contributed by atoms with Crippen LogP contribution in [0.25, 0.3) is 0 Å². The van der Waals surface area contributed by atoms with Gasteiger partial charge in [0.05, 0.1) is 6.20 Å². The van der Waals surface area contributed by atoms with Gasteiger partial charge in [-0.1, -0.05) is 0 Å². The Hall–Kier alpha value is -1.51. The smallest absolute Gasteiger partial charge is 0.191 e. The molecule has 1 aromatic heterocycles. The van der Waals surface area contributed by atoms with Gasteiger partial charge in [-0.25, -0.2) is 0 Å². The van der Waals surface area contributed by atoms with Crippen LogP contribution >= 0.6 is 0 Å². The Labute approximate surface area is 66.0 Å². The van der Waals surface area contributed by atoms with E-state index in [0.29, 0.717) is 0 Å². The van der Waals surface area contributed by atoms with Crippen molar-refractivity contribution in [2.45, 2.75) is 13.2 Å². The zero-order valence-corrected chi connectivity index (χ0v) is 6.05. The van der Waals surface area contributed by atoms with E-state index in [2.05, 4.69) is 5.10 Å². The molecular formula is C6H4F3N3. The Bertz CT molecular complexity index is 331. The first kappa shape index (κ1) is 8.59. The van der Waals surface area contributed by atoms with Gasteiger partial charge in [0.15, 0.2) is 5.69 Å². The Morgan fingerprint density at radius 3 is 2.50 bits per heavy atom. The number of hydrogen-bond acceptors (Lipinski definition) is 2. The summed E-state index contributed by atoms with van der Waals surface area (Å²) in [5.74, 6) is 0. The molecule has 64 valence electrons. The number of nitriles is 1. The van der Waals surface area contributed by atoms with Crippen LogP contribution in [0.2, 0.25) is 0 Å². The van der Waals surface area contributed by atoms with Crippen molar-refractivity contribution < 1.29 is 13.2 Å². The summed E-state index contributed by atoms with van der Waals surface area (Å²) in [6.07, 6.45) is -3.61. The fourth-order valence-corrected chi connectivity index (χ4v) is 0.758. The molecule has 0 N–H and O–H groups in total. The highest BCUT2D eigenvalue weighted by Crippen LogP contribution is 2.23. The van der Waals surface area contributed by atoms with E-state index >= 15 is 0 Å². The molecule has 0 bridgehead atoms. The Morgan fingerprint density at radius 2 is 2.17 bits per heavy atom. The van der Waals surface area contributed by atoms with Crippen LogP contribution in [0.4, 0.5) is 13.2 Å². The molecule has 6 heteroatoms. The third kappa shape index (κ3) is 1.25. The molecule has 0 aliphatic rings. The monoisotopic (exact) mass is 175 g/mol. The van der Waals surface area contributed by atoms with Crippen molar-refractivity contribution in [3.63, 3.8) is 0 Å². The molecule has 0 saturated heterocycles.